The Bertz CT molecular complexity index is 361. The average Bonchev–Trinajstić information content (AvgIpc) is 2.82. The molecule has 0 amide bonds. The molecular weight excluding hydrogens is 216 g/mol. The van der Waals surface area contributed by atoms with Crippen molar-refractivity contribution in [2.24, 2.45) is 0 Å². The number of nitrogens with zero attached hydrogens (tertiary/aromatic N) is 4. The molecule has 6 nitrogen and oxygen atoms in total. The molecule has 1 aliphatic heterocycles. The van der Waals surface area contributed by atoms with E-state index in [-0.39, 0.29) is 0 Å². The number of anilines is 3. The van der Waals surface area contributed by atoms with E-state index < -0.39 is 0 Å². The zero-order valence-corrected chi connectivity index (χ0v) is 10.3. The van der Waals surface area contributed by atoms with Gasteiger partial charge in [-0.3, -0.25) is 0 Å². The first kappa shape index (κ1) is 11.9. The Morgan fingerprint density at radius 3 is 2.71 bits per heavy atom. The van der Waals surface area contributed by atoms with E-state index in [0.717, 1.165) is 32.5 Å². The van der Waals surface area contributed by atoms with Crippen molar-refractivity contribution in [3.05, 3.63) is 0 Å². The monoisotopic (exact) mass is 236 g/mol. The molecule has 0 spiro atoms. The highest BCUT2D eigenvalue weighted by Gasteiger charge is 2.16. The maximum absolute atomic E-state index is 5.70. The molecule has 0 aromatic carbocycles. The number of unbranched alkanes of at least 4 members (excludes halogenated alkanes) is 1. The SMILES string of the molecule is CCCCNc1nc(N)nc(N2CCCC2)n1. The van der Waals surface area contributed by atoms with Crippen molar-refractivity contribution in [1.29, 1.82) is 0 Å². The van der Waals surface area contributed by atoms with Crippen LogP contribution in [0.15, 0.2) is 0 Å². The summed E-state index contributed by atoms with van der Waals surface area (Å²) in [7, 11) is 0. The molecule has 0 radical (unpaired) electrons. The van der Waals surface area contributed by atoms with Gasteiger partial charge in [0.05, 0.1) is 0 Å². The fourth-order valence-corrected chi connectivity index (χ4v) is 1.90. The third kappa shape index (κ3) is 3.18. The maximum Gasteiger partial charge on any atom is 0.231 e. The Labute approximate surface area is 102 Å². The number of nitrogen functional groups attached to an aromatic ring is 1. The molecule has 2 heterocycles. The van der Waals surface area contributed by atoms with Crippen molar-refractivity contribution in [2.75, 3.05) is 35.6 Å². The summed E-state index contributed by atoms with van der Waals surface area (Å²) < 4.78 is 0. The van der Waals surface area contributed by atoms with E-state index in [0.29, 0.717) is 17.8 Å². The smallest absolute Gasteiger partial charge is 0.231 e. The van der Waals surface area contributed by atoms with Gasteiger partial charge in [0.25, 0.3) is 0 Å². The molecule has 1 saturated heterocycles. The summed E-state index contributed by atoms with van der Waals surface area (Å²) in [5, 5.41) is 3.18. The third-order valence-electron chi connectivity index (χ3n) is 2.84. The molecule has 94 valence electrons. The molecule has 0 aliphatic carbocycles. The number of nitrogens with one attached hydrogen (secondary N) is 1. The van der Waals surface area contributed by atoms with Gasteiger partial charge in [0.2, 0.25) is 17.8 Å². The number of aromatic nitrogens is 3. The molecule has 0 atom stereocenters. The normalized spacial score (nSPS) is 15.2. The molecule has 0 bridgehead atoms. The molecule has 0 saturated carbocycles. The fraction of sp³-hybridized carbons (Fsp3) is 0.727. The standard InChI is InChI=1S/C11H20N6/c1-2-3-6-13-10-14-9(12)15-11(16-10)17-7-4-5-8-17/h2-8H2,1H3,(H3,12,13,14,15,16). The van der Waals surface area contributed by atoms with Crippen LogP contribution < -0.4 is 16.0 Å². The van der Waals surface area contributed by atoms with Crippen molar-refractivity contribution in [1.82, 2.24) is 15.0 Å². The molecule has 1 aromatic heterocycles. The van der Waals surface area contributed by atoms with E-state index in [1.807, 2.05) is 0 Å². The Morgan fingerprint density at radius 2 is 2.00 bits per heavy atom. The number of nitrogens with two attached hydrogens (primary N) is 1. The van der Waals surface area contributed by atoms with Crippen LogP contribution in [-0.2, 0) is 0 Å². The highest BCUT2D eigenvalue weighted by Crippen LogP contribution is 2.17. The van der Waals surface area contributed by atoms with Crippen molar-refractivity contribution in [3.63, 3.8) is 0 Å². The predicted molar refractivity (Wildman–Crippen MR) is 69.1 cm³/mol. The molecule has 17 heavy (non-hydrogen) atoms. The minimum absolute atomic E-state index is 0.292. The van der Waals surface area contributed by atoms with E-state index in [1.165, 1.54) is 12.8 Å². The summed E-state index contributed by atoms with van der Waals surface area (Å²) in [5.74, 6) is 1.59. The van der Waals surface area contributed by atoms with Crippen LogP contribution in [0.25, 0.3) is 0 Å². The van der Waals surface area contributed by atoms with Crippen molar-refractivity contribution >= 4 is 17.8 Å². The van der Waals surface area contributed by atoms with Gasteiger partial charge in [0.1, 0.15) is 0 Å². The second-order valence-electron chi connectivity index (χ2n) is 4.29. The first-order valence-electron chi connectivity index (χ1n) is 6.30. The Balaban J connectivity index is 2.05. The zero-order valence-electron chi connectivity index (χ0n) is 10.3. The lowest BCUT2D eigenvalue weighted by molar-refractivity contribution is 0.819. The lowest BCUT2D eigenvalue weighted by atomic mass is 10.3. The Morgan fingerprint density at radius 1 is 1.24 bits per heavy atom. The minimum Gasteiger partial charge on any atom is -0.368 e. The molecule has 0 unspecified atom stereocenters. The first-order valence-corrected chi connectivity index (χ1v) is 6.30. The largest absolute Gasteiger partial charge is 0.368 e. The minimum atomic E-state index is 0.292. The van der Waals surface area contributed by atoms with Gasteiger partial charge >= 0.3 is 0 Å². The van der Waals surface area contributed by atoms with E-state index >= 15 is 0 Å². The summed E-state index contributed by atoms with van der Waals surface area (Å²) in [6, 6.07) is 0. The van der Waals surface area contributed by atoms with Crippen LogP contribution in [0.3, 0.4) is 0 Å². The molecule has 6 heteroatoms. The zero-order chi connectivity index (χ0) is 12.1. The second-order valence-corrected chi connectivity index (χ2v) is 4.29. The van der Waals surface area contributed by atoms with Crippen LogP contribution in [0, 0.1) is 0 Å². The number of rotatable bonds is 5. The number of hydrogen-bond acceptors (Lipinski definition) is 6. The predicted octanol–water partition coefficient (Wildman–Crippen LogP) is 1.27. The summed E-state index contributed by atoms with van der Waals surface area (Å²) in [6.07, 6.45) is 4.64. The Hall–Kier alpha value is -1.59. The molecular formula is C11H20N6. The maximum atomic E-state index is 5.70. The van der Waals surface area contributed by atoms with Gasteiger partial charge in [-0.1, -0.05) is 13.3 Å². The quantitative estimate of drug-likeness (QED) is 0.749. The van der Waals surface area contributed by atoms with E-state index in [1.54, 1.807) is 0 Å². The van der Waals surface area contributed by atoms with E-state index in [4.69, 9.17) is 5.73 Å². The third-order valence-corrected chi connectivity index (χ3v) is 2.84. The second kappa shape index (κ2) is 5.65. The van der Waals surface area contributed by atoms with Crippen LogP contribution in [0.5, 0.6) is 0 Å². The average molecular weight is 236 g/mol. The molecule has 1 aliphatic rings. The molecule has 3 N–H and O–H groups in total. The van der Waals surface area contributed by atoms with Crippen LogP contribution in [-0.4, -0.2) is 34.6 Å². The molecule has 1 aromatic rings. The van der Waals surface area contributed by atoms with Gasteiger partial charge < -0.3 is 16.0 Å². The summed E-state index contributed by atoms with van der Waals surface area (Å²) in [6.45, 7) is 5.05. The van der Waals surface area contributed by atoms with Crippen molar-refractivity contribution in [2.45, 2.75) is 32.6 Å². The number of hydrogen-bond donors (Lipinski definition) is 2. The highest BCUT2D eigenvalue weighted by molar-refractivity contribution is 5.42. The Kier molecular flexibility index (Phi) is 3.95. The molecule has 1 fully saturated rings. The van der Waals surface area contributed by atoms with E-state index in [9.17, 15) is 0 Å². The lowest BCUT2D eigenvalue weighted by Gasteiger charge is -2.15. The summed E-state index contributed by atoms with van der Waals surface area (Å²) >= 11 is 0. The van der Waals surface area contributed by atoms with Gasteiger partial charge in [-0.25, -0.2) is 0 Å². The lowest BCUT2D eigenvalue weighted by Crippen LogP contribution is -2.22. The topological polar surface area (TPSA) is 80.0 Å². The highest BCUT2D eigenvalue weighted by atomic mass is 15.3. The molecule has 2 rings (SSSR count). The van der Waals surface area contributed by atoms with Crippen LogP contribution in [0.4, 0.5) is 17.8 Å². The first-order chi connectivity index (χ1) is 8.29. The van der Waals surface area contributed by atoms with E-state index in [2.05, 4.69) is 32.1 Å². The van der Waals surface area contributed by atoms with Gasteiger partial charge in [-0.2, -0.15) is 15.0 Å². The summed E-state index contributed by atoms with van der Waals surface area (Å²) in [5.41, 5.74) is 5.70. The fourth-order valence-electron chi connectivity index (χ4n) is 1.90. The van der Waals surface area contributed by atoms with Crippen LogP contribution in [0.2, 0.25) is 0 Å². The summed E-state index contributed by atoms with van der Waals surface area (Å²) in [4.78, 5) is 14.8. The van der Waals surface area contributed by atoms with Crippen LogP contribution in [0.1, 0.15) is 32.6 Å². The van der Waals surface area contributed by atoms with Crippen LogP contribution >= 0.6 is 0 Å². The van der Waals surface area contributed by atoms with Crippen molar-refractivity contribution < 1.29 is 0 Å². The van der Waals surface area contributed by atoms with Gasteiger partial charge in [-0.05, 0) is 19.3 Å². The van der Waals surface area contributed by atoms with Gasteiger partial charge in [0.15, 0.2) is 0 Å². The van der Waals surface area contributed by atoms with Crippen molar-refractivity contribution in [3.8, 4) is 0 Å². The van der Waals surface area contributed by atoms with Gasteiger partial charge in [0, 0.05) is 19.6 Å². The van der Waals surface area contributed by atoms with Gasteiger partial charge in [-0.15, -0.1) is 0 Å².